The average Bonchev–Trinajstić information content (AvgIpc) is 2.97. The largest absolute Gasteiger partial charge is 0.306 e. The van der Waals surface area contributed by atoms with E-state index >= 15 is 0 Å². The predicted octanol–water partition coefficient (Wildman–Crippen LogP) is 5.64. The Kier molecular flexibility index (Phi) is 3.06. The Morgan fingerprint density at radius 2 is 1.73 bits per heavy atom. The molecule has 0 amide bonds. The molecule has 4 aliphatic carbocycles. The van der Waals surface area contributed by atoms with Crippen molar-refractivity contribution < 1.29 is 0 Å². The maximum atomic E-state index is 4.07. The maximum Gasteiger partial charge on any atom is 0.0873 e. The van der Waals surface area contributed by atoms with Crippen LogP contribution in [-0.2, 0) is 6.54 Å². The van der Waals surface area contributed by atoms with Gasteiger partial charge in [0.15, 0.2) is 0 Å². The summed E-state index contributed by atoms with van der Waals surface area (Å²) in [6.45, 7) is 5.69. The van der Waals surface area contributed by atoms with Gasteiger partial charge >= 0.3 is 0 Å². The monoisotopic (exact) mass is 331 g/mol. The summed E-state index contributed by atoms with van der Waals surface area (Å²) in [5, 5.41) is 7.92. The SMILES string of the molecule is Cc1csc2sc(CNC34CC5CC(CC(C5)C3)C4)c(C)c12. The topological polar surface area (TPSA) is 12.0 Å². The first kappa shape index (κ1) is 14.0. The van der Waals surface area contributed by atoms with E-state index in [-0.39, 0.29) is 0 Å². The Morgan fingerprint density at radius 3 is 2.32 bits per heavy atom. The van der Waals surface area contributed by atoms with Gasteiger partial charge in [-0.05, 0) is 86.6 Å². The Balaban J connectivity index is 1.39. The van der Waals surface area contributed by atoms with E-state index in [1.54, 1.807) is 4.88 Å². The molecule has 0 spiro atoms. The lowest BCUT2D eigenvalue weighted by Crippen LogP contribution is -2.58. The second-order valence-electron chi connectivity index (χ2n) is 8.28. The molecule has 0 aliphatic heterocycles. The Labute approximate surface area is 141 Å². The third-order valence-electron chi connectivity index (χ3n) is 6.61. The molecule has 4 fully saturated rings. The zero-order valence-electron chi connectivity index (χ0n) is 13.6. The lowest BCUT2D eigenvalue weighted by molar-refractivity contribution is -0.0204. The standard InChI is InChI=1S/C19H25NS2/c1-11-10-21-18-17(11)12(2)16(22-18)9-20-19-6-13-3-14(7-19)5-15(4-13)8-19/h10,13-15,20H,3-9H2,1-2H3. The van der Waals surface area contributed by atoms with Crippen molar-refractivity contribution in [3.8, 4) is 0 Å². The molecule has 1 N–H and O–H groups in total. The smallest absolute Gasteiger partial charge is 0.0873 e. The van der Waals surface area contributed by atoms with Gasteiger partial charge in [0.2, 0.25) is 0 Å². The highest BCUT2D eigenvalue weighted by Crippen LogP contribution is 2.55. The van der Waals surface area contributed by atoms with Gasteiger partial charge in [-0.1, -0.05) is 0 Å². The van der Waals surface area contributed by atoms with Crippen molar-refractivity contribution in [2.45, 2.75) is 64.5 Å². The minimum atomic E-state index is 0.494. The molecular formula is C19H25NS2. The van der Waals surface area contributed by atoms with Crippen molar-refractivity contribution >= 4 is 32.1 Å². The lowest BCUT2D eigenvalue weighted by Gasteiger charge is -2.57. The van der Waals surface area contributed by atoms with Crippen molar-refractivity contribution in [1.29, 1.82) is 0 Å². The van der Waals surface area contributed by atoms with E-state index in [4.69, 9.17) is 0 Å². The predicted molar refractivity (Wildman–Crippen MR) is 96.9 cm³/mol. The molecule has 2 aromatic heterocycles. The Bertz CT molecular complexity index is 688. The van der Waals surface area contributed by atoms with E-state index in [2.05, 4.69) is 24.5 Å². The molecule has 22 heavy (non-hydrogen) atoms. The Hall–Kier alpha value is -0.380. The van der Waals surface area contributed by atoms with Crippen LogP contribution in [0, 0.1) is 31.6 Å². The van der Waals surface area contributed by atoms with E-state index in [1.165, 1.54) is 59.1 Å². The third kappa shape index (κ3) is 2.05. The zero-order valence-corrected chi connectivity index (χ0v) is 15.2. The van der Waals surface area contributed by atoms with E-state index in [0.29, 0.717) is 5.54 Å². The van der Waals surface area contributed by atoms with E-state index in [9.17, 15) is 0 Å². The van der Waals surface area contributed by atoms with Gasteiger partial charge in [-0.2, -0.15) is 0 Å². The van der Waals surface area contributed by atoms with Gasteiger partial charge in [-0.3, -0.25) is 0 Å². The molecule has 6 rings (SSSR count). The zero-order chi connectivity index (χ0) is 14.9. The van der Waals surface area contributed by atoms with Gasteiger partial charge < -0.3 is 5.32 Å². The minimum absolute atomic E-state index is 0.494. The van der Waals surface area contributed by atoms with Gasteiger partial charge in [-0.25, -0.2) is 0 Å². The number of nitrogens with one attached hydrogen (secondary N) is 1. The first-order valence-electron chi connectivity index (χ1n) is 8.83. The van der Waals surface area contributed by atoms with Crippen LogP contribution in [0.3, 0.4) is 0 Å². The number of rotatable bonds is 3. The molecule has 0 radical (unpaired) electrons. The van der Waals surface area contributed by atoms with E-state index in [0.717, 1.165) is 24.3 Å². The summed E-state index contributed by atoms with van der Waals surface area (Å²) in [5.74, 6) is 3.11. The minimum Gasteiger partial charge on any atom is -0.306 e. The fraction of sp³-hybridized carbons (Fsp3) is 0.684. The van der Waals surface area contributed by atoms with E-state index in [1.807, 2.05) is 22.7 Å². The molecule has 0 aromatic carbocycles. The highest BCUT2D eigenvalue weighted by atomic mass is 32.2. The fourth-order valence-electron chi connectivity index (χ4n) is 6.04. The molecule has 2 heterocycles. The average molecular weight is 332 g/mol. The fourth-order valence-corrected chi connectivity index (χ4v) is 8.55. The molecule has 3 heteroatoms. The summed E-state index contributed by atoms with van der Waals surface area (Å²) in [5.41, 5.74) is 3.50. The van der Waals surface area contributed by atoms with Crippen LogP contribution >= 0.6 is 22.7 Å². The molecule has 0 unspecified atom stereocenters. The second kappa shape index (κ2) is 4.81. The highest BCUT2D eigenvalue weighted by Gasteiger charge is 2.50. The summed E-state index contributed by atoms with van der Waals surface area (Å²) >= 11 is 3.95. The molecule has 4 bridgehead atoms. The van der Waals surface area contributed by atoms with Crippen molar-refractivity contribution in [3.05, 3.63) is 21.4 Å². The molecule has 0 atom stereocenters. The van der Waals surface area contributed by atoms with Crippen LogP contribution < -0.4 is 5.32 Å². The number of thiophene rings is 2. The van der Waals surface area contributed by atoms with Gasteiger partial charge in [0, 0.05) is 22.3 Å². The van der Waals surface area contributed by atoms with Gasteiger partial charge in [0.05, 0.1) is 4.01 Å². The van der Waals surface area contributed by atoms with Crippen molar-refractivity contribution in [2.24, 2.45) is 17.8 Å². The summed E-state index contributed by atoms with van der Waals surface area (Å²) in [4.78, 5) is 1.58. The molecule has 118 valence electrons. The quantitative estimate of drug-likeness (QED) is 0.767. The molecule has 0 saturated heterocycles. The number of hydrogen-bond acceptors (Lipinski definition) is 3. The third-order valence-corrected chi connectivity index (χ3v) is 9.13. The Morgan fingerprint density at radius 1 is 1.09 bits per heavy atom. The van der Waals surface area contributed by atoms with Crippen molar-refractivity contribution in [2.75, 3.05) is 0 Å². The highest BCUT2D eigenvalue weighted by molar-refractivity contribution is 7.37. The molecule has 4 saturated carbocycles. The normalized spacial score (nSPS) is 36.5. The summed E-state index contributed by atoms with van der Waals surface area (Å²) in [7, 11) is 0. The van der Waals surface area contributed by atoms with Crippen LogP contribution in [-0.4, -0.2) is 5.54 Å². The van der Waals surface area contributed by atoms with Gasteiger partial charge in [-0.15, -0.1) is 22.7 Å². The summed E-state index contributed by atoms with van der Waals surface area (Å²) < 4.78 is 1.53. The van der Waals surface area contributed by atoms with Crippen LogP contribution in [0.1, 0.15) is 54.5 Å². The van der Waals surface area contributed by atoms with Crippen molar-refractivity contribution in [3.63, 3.8) is 0 Å². The maximum absolute atomic E-state index is 4.07. The van der Waals surface area contributed by atoms with Crippen LogP contribution in [0.15, 0.2) is 5.38 Å². The number of hydrogen-bond donors (Lipinski definition) is 1. The first-order valence-corrected chi connectivity index (χ1v) is 10.5. The number of aryl methyl sites for hydroxylation is 2. The number of fused-ring (bicyclic) bond motifs is 1. The summed E-state index contributed by atoms with van der Waals surface area (Å²) in [6, 6.07) is 0. The van der Waals surface area contributed by atoms with Gasteiger partial charge in [0.25, 0.3) is 0 Å². The summed E-state index contributed by atoms with van der Waals surface area (Å²) in [6.07, 6.45) is 8.97. The molecular weight excluding hydrogens is 306 g/mol. The van der Waals surface area contributed by atoms with Crippen molar-refractivity contribution in [1.82, 2.24) is 5.32 Å². The lowest BCUT2D eigenvalue weighted by atomic mass is 9.53. The molecule has 2 aromatic rings. The second-order valence-corrected chi connectivity index (χ2v) is 10.5. The van der Waals surface area contributed by atoms with Gasteiger partial charge in [0.1, 0.15) is 0 Å². The van der Waals surface area contributed by atoms with E-state index < -0.39 is 0 Å². The first-order chi connectivity index (χ1) is 10.6. The molecule has 1 nitrogen and oxygen atoms in total. The van der Waals surface area contributed by atoms with Crippen LogP contribution in [0.4, 0.5) is 0 Å². The molecule has 4 aliphatic rings. The van der Waals surface area contributed by atoms with Crippen LogP contribution in [0.25, 0.3) is 9.40 Å². The van der Waals surface area contributed by atoms with Crippen LogP contribution in [0.2, 0.25) is 0 Å². The van der Waals surface area contributed by atoms with Crippen LogP contribution in [0.5, 0.6) is 0 Å².